The summed E-state index contributed by atoms with van der Waals surface area (Å²) < 4.78 is 19.7. The van der Waals surface area contributed by atoms with Crippen molar-refractivity contribution < 1.29 is 18.7 Å². The van der Waals surface area contributed by atoms with Gasteiger partial charge in [-0.25, -0.2) is 4.39 Å². The number of carbonyl (C=O) groups is 2. The molecule has 0 saturated carbocycles. The van der Waals surface area contributed by atoms with Gasteiger partial charge in [0.25, 0.3) is 11.1 Å². The maximum Gasteiger partial charge on any atom is 0.293 e. The Morgan fingerprint density at radius 3 is 2.50 bits per heavy atom. The number of thioether (sulfide) groups is 1. The first-order valence-corrected chi connectivity index (χ1v) is 11.1. The summed E-state index contributed by atoms with van der Waals surface area (Å²) in [6.07, 6.45) is 1.60. The number of rotatable bonds is 6. The van der Waals surface area contributed by atoms with Crippen LogP contribution in [0, 0.1) is 5.82 Å². The van der Waals surface area contributed by atoms with E-state index in [2.05, 4.69) is 0 Å². The third-order valence-electron chi connectivity index (χ3n) is 4.76. The molecule has 1 aliphatic rings. The minimum Gasteiger partial charge on any atom is -0.488 e. The molecule has 2 amide bonds. The van der Waals surface area contributed by atoms with E-state index in [-0.39, 0.29) is 23.9 Å². The van der Waals surface area contributed by atoms with Crippen LogP contribution in [-0.2, 0) is 17.9 Å². The summed E-state index contributed by atoms with van der Waals surface area (Å²) in [5, 5.41) is 0.462. The molecule has 8 heteroatoms. The molecular formula is C24H16Cl2FNO3S. The highest BCUT2D eigenvalue weighted by Gasteiger charge is 2.35. The van der Waals surface area contributed by atoms with E-state index in [1.165, 1.54) is 6.07 Å². The van der Waals surface area contributed by atoms with Gasteiger partial charge in [0.2, 0.25) is 0 Å². The van der Waals surface area contributed by atoms with Crippen LogP contribution in [0.3, 0.4) is 0 Å². The Kier molecular flexibility index (Phi) is 6.84. The van der Waals surface area contributed by atoms with Gasteiger partial charge in [0, 0.05) is 21.2 Å². The summed E-state index contributed by atoms with van der Waals surface area (Å²) >= 11 is 12.9. The molecule has 162 valence electrons. The van der Waals surface area contributed by atoms with Crippen LogP contribution in [0.1, 0.15) is 16.7 Å². The van der Waals surface area contributed by atoms with Gasteiger partial charge in [-0.1, -0.05) is 65.7 Å². The Labute approximate surface area is 198 Å². The van der Waals surface area contributed by atoms with Gasteiger partial charge in [0.1, 0.15) is 18.2 Å². The number of para-hydroxylation sites is 1. The van der Waals surface area contributed by atoms with E-state index in [9.17, 15) is 14.0 Å². The molecule has 1 fully saturated rings. The van der Waals surface area contributed by atoms with E-state index in [0.29, 0.717) is 32.5 Å². The monoisotopic (exact) mass is 487 g/mol. The van der Waals surface area contributed by atoms with E-state index in [0.717, 1.165) is 16.7 Å². The zero-order chi connectivity index (χ0) is 22.7. The quantitative estimate of drug-likeness (QED) is 0.353. The van der Waals surface area contributed by atoms with Crippen LogP contribution in [0.4, 0.5) is 9.18 Å². The van der Waals surface area contributed by atoms with E-state index < -0.39 is 11.1 Å². The molecule has 0 spiro atoms. The molecular weight excluding hydrogens is 472 g/mol. The molecule has 0 aromatic heterocycles. The fourth-order valence-corrected chi connectivity index (χ4v) is 4.40. The molecule has 0 atom stereocenters. The first-order chi connectivity index (χ1) is 15.4. The molecule has 3 aromatic carbocycles. The number of hydrogen-bond acceptors (Lipinski definition) is 4. The number of benzene rings is 3. The van der Waals surface area contributed by atoms with Crippen LogP contribution in [0.2, 0.25) is 10.0 Å². The lowest BCUT2D eigenvalue weighted by Gasteiger charge is -2.14. The minimum atomic E-state index is -0.421. The second kappa shape index (κ2) is 9.77. The van der Waals surface area contributed by atoms with E-state index in [1.54, 1.807) is 66.7 Å². The molecule has 4 nitrogen and oxygen atoms in total. The lowest BCUT2D eigenvalue weighted by molar-refractivity contribution is -0.123. The molecule has 0 aliphatic carbocycles. The maximum atomic E-state index is 13.9. The normalized spacial score (nSPS) is 15.0. The second-order valence-electron chi connectivity index (χ2n) is 6.92. The molecule has 3 aromatic rings. The summed E-state index contributed by atoms with van der Waals surface area (Å²) in [5.74, 6) is -0.301. The molecule has 0 N–H and O–H groups in total. The molecule has 0 radical (unpaired) electrons. The number of ether oxygens (including phenoxy) is 1. The largest absolute Gasteiger partial charge is 0.488 e. The Hall–Kier alpha value is -2.80. The molecule has 0 bridgehead atoms. The molecule has 1 saturated heterocycles. The van der Waals surface area contributed by atoms with Gasteiger partial charge in [0.15, 0.2) is 0 Å². The Bertz CT molecular complexity index is 1230. The van der Waals surface area contributed by atoms with Crippen LogP contribution < -0.4 is 4.74 Å². The second-order valence-corrected chi connectivity index (χ2v) is 8.76. The predicted molar refractivity (Wildman–Crippen MR) is 125 cm³/mol. The molecule has 0 unspecified atom stereocenters. The van der Waals surface area contributed by atoms with Gasteiger partial charge >= 0.3 is 0 Å². The molecule has 1 aliphatic heterocycles. The number of imide groups is 1. The highest BCUT2D eigenvalue weighted by Crippen LogP contribution is 2.36. The SMILES string of the molecule is O=C1S/C(=C\c2ccccc2OCc2ccccc2F)C(=O)N1Cc1ccc(Cl)cc1Cl. The summed E-state index contributed by atoms with van der Waals surface area (Å²) in [4.78, 5) is 26.8. The minimum absolute atomic E-state index is 0.0358. The lowest BCUT2D eigenvalue weighted by Crippen LogP contribution is -2.27. The van der Waals surface area contributed by atoms with Crippen LogP contribution in [0.5, 0.6) is 5.75 Å². The van der Waals surface area contributed by atoms with Crippen LogP contribution in [-0.4, -0.2) is 16.0 Å². The van der Waals surface area contributed by atoms with E-state index in [4.69, 9.17) is 27.9 Å². The fourth-order valence-electron chi connectivity index (χ4n) is 3.10. The van der Waals surface area contributed by atoms with Crippen molar-refractivity contribution in [2.45, 2.75) is 13.2 Å². The van der Waals surface area contributed by atoms with Crippen molar-refractivity contribution in [2.75, 3.05) is 0 Å². The first-order valence-electron chi connectivity index (χ1n) is 9.57. The fraction of sp³-hybridized carbons (Fsp3) is 0.0833. The number of hydrogen-bond donors (Lipinski definition) is 0. The smallest absolute Gasteiger partial charge is 0.293 e. The summed E-state index contributed by atoms with van der Waals surface area (Å²) in [5.41, 5.74) is 1.65. The van der Waals surface area contributed by atoms with Crippen molar-refractivity contribution in [3.8, 4) is 5.75 Å². The van der Waals surface area contributed by atoms with Gasteiger partial charge in [-0.15, -0.1) is 0 Å². The van der Waals surface area contributed by atoms with Crippen molar-refractivity contribution in [2.24, 2.45) is 0 Å². The first kappa shape index (κ1) is 22.4. The number of halogens is 3. The van der Waals surface area contributed by atoms with Crippen molar-refractivity contribution in [3.63, 3.8) is 0 Å². The zero-order valence-electron chi connectivity index (χ0n) is 16.6. The van der Waals surface area contributed by atoms with E-state index >= 15 is 0 Å². The predicted octanol–water partition coefficient (Wildman–Crippen LogP) is 6.95. The van der Waals surface area contributed by atoms with Crippen molar-refractivity contribution in [1.29, 1.82) is 0 Å². The van der Waals surface area contributed by atoms with Crippen molar-refractivity contribution in [1.82, 2.24) is 4.90 Å². The van der Waals surface area contributed by atoms with Gasteiger partial charge in [0.05, 0.1) is 11.4 Å². The third-order valence-corrected chi connectivity index (χ3v) is 6.26. The third kappa shape index (κ3) is 4.99. The van der Waals surface area contributed by atoms with Gasteiger partial charge < -0.3 is 4.74 Å². The summed E-state index contributed by atoms with van der Waals surface area (Å²) in [7, 11) is 0. The molecule has 4 rings (SSSR count). The Balaban J connectivity index is 1.53. The average molecular weight is 488 g/mol. The van der Waals surface area contributed by atoms with Crippen molar-refractivity contribution >= 4 is 52.2 Å². The molecule has 1 heterocycles. The van der Waals surface area contributed by atoms with Crippen LogP contribution >= 0.6 is 35.0 Å². The van der Waals surface area contributed by atoms with Crippen LogP contribution in [0.15, 0.2) is 71.6 Å². The number of carbonyl (C=O) groups excluding carboxylic acids is 2. The lowest BCUT2D eigenvalue weighted by atomic mass is 10.1. The van der Waals surface area contributed by atoms with E-state index in [1.807, 2.05) is 0 Å². The Morgan fingerprint density at radius 1 is 0.969 bits per heavy atom. The van der Waals surface area contributed by atoms with Gasteiger partial charge in [-0.3, -0.25) is 14.5 Å². The van der Waals surface area contributed by atoms with Crippen molar-refractivity contribution in [3.05, 3.63) is 104 Å². The standard InChI is InChI=1S/C24H16Cl2FNO3S/c25-18-10-9-16(19(26)12-18)13-28-23(29)22(32-24(28)30)11-15-5-2-4-8-21(15)31-14-17-6-1-3-7-20(17)27/h1-12H,13-14H2/b22-11-. The van der Waals surface area contributed by atoms with Crippen LogP contribution in [0.25, 0.3) is 6.08 Å². The Morgan fingerprint density at radius 2 is 1.72 bits per heavy atom. The number of amides is 2. The zero-order valence-corrected chi connectivity index (χ0v) is 18.9. The highest BCUT2D eigenvalue weighted by atomic mass is 35.5. The van der Waals surface area contributed by atoms with Gasteiger partial charge in [-0.05, 0) is 47.7 Å². The highest BCUT2D eigenvalue weighted by molar-refractivity contribution is 8.18. The summed E-state index contributed by atoms with van der Waals surface area (Å²) in [6, 6.07) is 18.3. The maximum absolute atomic E-state index is 13.9. The number of nitrogens with zero attached hydrogens (tertiary/aromatic N) is 1. The topological polar surface area (TPSA) is 46.6 Å². The summed E-state index contributed by atoms with van der Waals surface area (Å²) in [6.45, 7) is 0.0809. The average Bonchev–Trinajstić information content (AvgIpc) is 3.03. The van der Waals surface area contributed by atoms with Gasteiger partial charge in [-0.2, -0.15) is 0 Å². The molecule has 32 heavy (non-hydrogen) atoms.